The first-order valence-electron chi connectivity index (χ1n) is 3.24. The summed E-state index contributed by atoms with van der Waals surface area (Å²) in [6.07, 6.45) is 0. The van der Waals surface area contributed by atoms with E-state index in [1.807, 2.05) is 0 Å². The number of benzene rings is 1. The van der Waals surface area contributed by atoms with Crippen LogP contribution in [-0.2, 0) is 10.1 Å². The van der Waals surface area contributed by atoms with E-state index in [0.717, 1.165) is 6.07 Å². The lowest BCUT2D eigenvalue weighted by molar-refractivity contribution is -0.398. The summed E-state index contributed by atoms with van der Waals surface area (Å²) in [5, 5.41) is 21.0. The molecule has 0 bridgehead atoms. The van der Waals surface area contributed by atoms with Gasteiger partial charge in [-0.25, -0.2) is 8.42 Å². The van der Waals surface area contributed by atoms with Crippen LogP contribution in [0, 0.1) is 10.1 Å². The van der Waals surface area contributed by atoms with Gasteiger partial charge in [-0.1, -0.05) is 6.07 Å². The number of nitro benzene ring substituents is 1. The maximum atomic E-state index is 10.8. The van der Waals surface area contributed by atoms with Crippen molar-refractivity contribution in [1.29, 1.82) is 0 Å². The Hall–Kier alpha value is -1.67. The molecule has 0 heterocycles. The van der Waals surface area contributed by atoms with Crippen molar-refractivity contribution in [3.05, 3.63) is 28.3 Å². The number of hydrogen-bond acceptors (Lipinski definition) is 6. The highest BCUT2D eigenvalue weighted by atomic mass is 32.2. The van der Waals surface area contributed by atoms with E-state index in [2.05, 4.69) is 0 Å². The highest BCUT2D eigenvalue weighted by Gasteiger charge is 2.10. The summed E-state index contributed by atoms with van der Waals surface area (Å²) >= 11 is 0. The summed E-state index contributed by atoms with van der Waals surface area (Å²) < 4.78 is 31.3. The fraction of sp³-hybridized carbons (Fsp3) is 0. The molecule has 1 aromatic rings. The zero-order valence-electron chi connectivity index (χ0n) is 6.54. The van der Waals surface area contributed by atoms with Gasteiger partial charge in [0.15, 0.2) is 0 Å². The second-order valence-corrected chi connectivity index (χ2v) is 3.72. The third-order valence-electron chi connectivity index (χ3n) is 1.42. The lowest BCUT2D eigenvalue weighted by Gasteiger charge is -2.10. The molecule has 14 heavy (non-hydrogen) atoms. The number of hydrogen-bond donors (Lipinski definition) is 0. The minimum atomic E-state index is -4.77. The molecule has 0 spiro atoms. The molecule has 0 fully saturated rings. The average Bonchev–Trinajstić information content (AvgIpc) is 2.02. The monoisotopic (exact) mass is 217 g/mol. The Kier molecular flexibility index (Phi) is 2.41. The molecule has 0 saturated carbocycles. The Balaban J connectivity index is 3.42. The largest absolute Gasteiger partial charge is 0.868 e. The molecule has 0 atom stereocenters. The van der Waals surface area contributed by atoms with Crippen LogP contribution in [0.1, 0.15) is 0 Å². The molecule has 1 aromatic carbocycles. The van der Waals surface area contributed by atoms with Crippen molar-refractivity contribution in [1.82, 2.24) is 0 Å². The molecular weight excluding hydrogens is 214 g/mol. The van der Waals surface area contributed by atoms with E-state index in [4.69, 9.17) is 0 Å². The Labute approximate surface area is 78.5 Å². The average molecular weight is 217 g/mol. The van der Waals surface area contributed by atoms with Crippen LogP contribution >= 0.6 is 0 Å². The predicted molar refractivity (Wildman–Crippen MR) is 40.5 cm³/mol. The van der Waals surface area contributed by atoms with Crippen LogP contribution in [0.3, 0.4) is 0 Å². The fourth-order valence-corrected chi connectivity index (χ4v) is 1.29. The number of nitrogens with zero attached hydrogens (tertiary/aromatic N) is 1. The zero-order chi connectivity index (χ0) is 10.9. The minimum absolute atomic E-state index is 0.449. The third kappa shape index (κ3) is 1.98. The molecule has 0 N–H and O–H groups in total. The Bertz CT molecular complexity index is 479. The fourth-order valence-electron chi connectivity index (χ4n) is 0.795. The van der Waals surface area contributed by atoms with E-state index in [0.29, 0.717) is 12.1 Å². The summed E-state index contributed by atoms with van der Waals surface area (Å²) in [5.41, 5.74) is -0.929. The molecule has 1 rings (SSSR count). The second kappa shape index (κ2) is 3.24. The van der Waals surface area contributed by atoms with Gasteiger partial charge >= 0.3 is 0 Å². The van der Waals surface area contributed by atoms with Gasteiger partial charge in [0.1, 0.15) is 10.1 Å². The van der Waals surface area contributed by atoms with Crippen molar-refractivity contribution in [3.8, 4) is 5.75 Å². The first kappa shape index (κ1) is 10.4. The maximum Gasteiger partial charge on any atom is 0.262 e. The van der Waals surface area contributed by atoms with E-state index >= 15 is 0 Å². The van der Waals surface area contributed by atoms with Gasteiger partial charge < -0.3 is 9.66 Å². The first-order valence-corrected chi connectivity index (χ1v) is 4.64. The normalized spacial score (nSPS) is 11.2. The topological polar surface area (TPSA) is 123 Å². The lowest BCUT2D eigenvalue weighted by atomic mass is 10.3. The molecule has 0 aliphatic rings. The van der Waals surface area contributed by atoms with Crippen LogP contribution in [0.15, 0.2) is 23.1 Å². The van der Waals surface area contributed by atoms with Gasteiger partial charge in [0.25, 0.3) is 5.69 Å². The Morgan fingerprint density at radius 1 is 1.29 bits per heavy atom. The van der Waals surface area contributed by atoms with Gasteiger partial charge in [-0.2, -0.15) is 0 Å². The summed E-state index contributed by atoms with van der Waals surface area (Å²) in [5.74, 6) is -0.942. The highest BCUT2D eigenvalue weighted by molar-refractivity contribution is 7.85. The van der Waals surface area contributed by atoms with Crippen LogP contribution in [0.2, 0.25) is 0 Å². The van der Waals surface area contributed by atoms with Crippen molar-refractivity contribution in [2.45, 2.75) is 4.90 Å². The lowest BCUT2D eigenvalue weighted by Crippen LogP contribution is -2.02. The summed E-state index contributed by atoms with van der Waals surface area (Å²) in [6, 6.07) is 1.85. The molecule has 76 valence electrons. The minimum Gasteiger partial charge on any atom is -0.868 e. The van der Waals surface area contributed by atoms with Crippen LogP contribution in [0.5, 0.6) is 5.75 Å². The van der Waals surface area contributed by atoms with Gasteiger partial charge in [0.05, 0.1) is 9.82 Å². The second-order valence-electron chi connectivity index (χ2n) is 2.34. The van der Waals surface area contributed by atoms with Gasteiger partial charge in [-0.15, -0.1) is 0 Å². The predicted octanol–water partition coefficient (Wildman–Crippen LogP) is -0.427. The molecule has 0 amide bonds. The smallest absolute Gasteiger partial charge is 0.262 e. The SMILES string of the molecule is O=[N+]([O-])c1cc(S(=O)(=O)[O-])ccc1[O-]. The van der Waals surface area contributed by atoms with Crippen molar-refractivity contribution in [3.63, 3.8) is 0 Å². The van der Waals surface area contributed by atoms with Gasteiger partial charge in [-0.05, 0) is 11.8 Å². The maximum absolute atomic E-state index is 10.8. The van der Waals surface area contributed by atoms with Crippen molar-refractivity contribution in [2.75, 3.05) is 0 Å². The Morgan fingerprint density at radius 2 is 1.86 bits per heavy atom. The van der Waals surface area contributed by atoms with Gasteiger partial charge in [-0.3, -0.25) is 10.1 Å². The molecule has 0 saturated heterocycles. The van der Waals surface area contributed by atoms with Crippen molar-refractivity contribution in [2.24, 2.45) is 0 Å². The highest BCUT2D eigenvalue weighted by Crippen LogP contribution is 2.25. The Morgan fingerprint density at radius 3 is 2.29 bits per heavy atom. The molecule has 7 nitrogen and oxygen atoms in total. The summed E-state index contributed by atoms with van der Waals surface area (Å²) in [6.45, 7) is 0. The van der Waals surface area contributed by atoms with Crippen LogP contribution in [0.4, 0.5) is 5.69 Å². The van der Waals surface area contributed by atoms with Crippen molar-refractivity contribution < 1.29 is 23.0 Å². The van der Waals surface area contributed by atoms with Gasteiger partial charge in [0, 0.05) is 6.07 Å². The molecule has 0 aliphatic heterocycles. The van der Waals surface area contributed by atoms with Gasteiger partial charge in [0.2, 0.25) is 0 Å². The molecular formula is C6H3NO6S-2. The van der Waals surface area contributed by atoms with E-state index in [-0.39, 0.29) is 0 Å². The summed E-state index contributed by atoms with van der Waals surface area (Å²) in [4.78, 5) is 8.38. The van der Waals surface area contributed by atoms with Crippen LogP contribution in [0.25, 0.3) is 0 Å². The van der Waals surface area contributed by atoms with Crippen LogP contribution in [-0.4, -0.2) is 17.9 Å². The first-order chi connectivity index (χ1) is 6.32. The van der Waals surface area contributed by atoms with Crippen molar-refractivity contribution >= 4 is 15.8 Å². The molecule has 0 unspecified atom stereocenters. The van der Waals surface area contributed by atoms with Crippen LogP contribution < -0.4 is 5.11 Å². The number of nitro groups is 1. The van der Waals surface area contributed by atoms with E-state index in [9.17, 15) is 28.2 Å². The number of rotatable bonds is 2. The standard InChI is InChI=1S/C6H5NO6S/c8-6-2-1-4(14(11,12)13)3-5(6)7(9)10/h1-3,8H,(H,11,12,13)/p-2. The molecule has 8 heteroatoms. The molecule has 0 radical (unpaired) electrons. The molecule has 0 aliphatic carbocycles. The van der Waals surface area contributed by atoms with E-state index < -0.39 is 31.4 Å². The zero-order valence-corrected chi connectivity index (χ0v) is 7.35. The van der Waals surface area contributed by atoms with E-state index in [1.165, 1.54) is 0 Å². The third-order valence-corrected chi connectivity index (χ3v) is 2.25. The summed E-state index contributed by atoms with van der Waals surface area (Å²) in [7, 11) is -4.77. The molecule has 0 aromatic heterocycles. The quantitative estimate of drug-likeness (QED) is 0.376. The van der Waals surface area contributed by atoms with E-state index in [1.54, 1.807) is 0 Å².